The van der Waals surface area contributed by atoms with Crippen LogP contribution in [0.4, 0.5) is 5.69 Å². The fourth-order valence-corrected chi connectivity index (χ4v) is 4.51. The van der Waals surface area contributed by atoms with E-state index in [2.05, 4.69) is 0 Å². The Labute approximate surface area is 213 Å². The van der Waals surface area contributed by atoms with Crippen LogP contribution >= 0.6 is 34.5 Å². The second kappa shape index (κ2) is 10.9. The number of ketones is 1. The molecule has 1 atom stereocenters. The van der Waals surface area contributed by atoms with E-state index in [9.17, 15) is 29.4 Å². The minimum Gasteiger partial charge on any atom is -0.508 e. The number of anilines is 1. The van der Waals surface area contributed by atoms with Gasteiger partial charge in [0.2, 0.25) is 0 Å². The summed E-state index contributed by atoms with van der Waals surface area (Å²) in [4.78, 5) is 51.3. The third kappa shape index (κ3) is 5.80. The summed E-state index contributed by atoms with van der Waals surface area (Å²) in [5, 5.41) is 22.4. The number of hydrogen-bond acceptors (Lipinski definition) is 7. The number of amides is 2. The summed E-state index contributed by atoms with van der Waals surface area (Å²) in [6.07, 6.45) is -0.561. The van der Waals surface area contributed by atoms with Crippen molar-refractivity contribution in [1.29, 1.82) is 0 Å². The first-order valence-corrected chi connectivity index (χ1v) is 11.6. The fourth-order valence-electron chi connectivity index (χ4n) is 3.21. The highest BCUT2D eigenvalue weighted by Crippen LogP contribution is 2.30. The number of aromatic hydroxyl groups is 1. The second-order valence-corrected chi connectivity index (χ2v) is 9.00. The molecule has 2 aromatic carbocycles. The van der Waals surface area contributed by atoms with Crippen LogP contribution < -0.4 is 10.7 Å². The van der Waals surface area contributed by atoms with E-state index in [0.29, 0.717) is 16.3 Å². The van der Waals surface area contributed by atoms with Crippen LogP contribution in [0.5, 0.6) is 5.75 Å². The number of thiophene rings is 1. The van der Waals surface area contributed by atoms with Crippen LogP contribution in [0.3, 0.4) is 0 Å². The highest BCUT2D eigenvalue weighted by Gasteiger charge is 2.33. The van der Waals surface area contributed by atoms with Crippen molar-refractivity contribution in [2.45, 2.75) is 12.5 Å². The molecular formula is C23H19Cl2N3O6S. The Morgan fingerprint density at radius 3 is 2.23 bits per heavy atom. The third-order valence-electron chi connectivity index (χ3n) is 5.10. The lowest BCUT2D eigenvalue weighted by molar-refractivity contribution is -0.142. The molecule has 35 heavy (non-hydrogen) atoms. The number of nitrogens with zero attached hydrogens (tertiary/aromatic N) is 2. The van der Waals surface area contributed by atoms with Crippen LogP contribution in [-0.4, -0.2) is 51.9 Å². The van der Waals surface area contributed by atoms with Gasteiger partial charge in [0.1, 0.15) is 5.75 Å². The number of carbonyl (C=O) groups is 4. The number of Topliss-reactive ketones (excluding diaryl/α,β-unsaturated/α-hetero) is 1. The molecule has 0 aliphatic carbocycles. The van der Waals surface area contributed by atoms with Crippen molar-refractivity contribution in [3.8, 4) is 5.75 Å². The maximum Gasteiger partial charge on any atom is 0.328 e. The number of halogens is 2. The van der Waals surface area contributed by atoms with Gasteiger partial charge in [-0.25, -0.2) is 10.6 Å². The van der Waals surface area contributed by atoms with Gasteiger partial charge in [0, 0.05) is 41.7 Å². The molecule has 0 saturated carbocycles. The van der Waals surface area contributed by atoms with E-state index in [1.807, 2.05) is 0 Å². The van der Waals surface area contributed by atoms with Crippen molar-refractivity contribution in [3.05, 3.63) is 80.0 Å². The van der Waals surface area contributed by atoms with Crippen LogP contribution in [0.25, 0.3) is 0 Å². The van der Waals surface area contributed by atoms with Gasteiger partial charge in [-0.05, 0) is 35.7 Å². The molecule has 9 nitrogen and oxygen atoms in total. The number of phenols is 1. The monoisotopic (exact) mass is 535 g/mol. The van der Waals surface area contributed by atoms with Gasteiger partial charge >= 0.3 is 5.97 Å². The molecule has 4 N–H and O–H groups in total. The molecule has 0 unspecified atom stereocenters. The number of rotatable bonds is 8. The Bertz CT molecular complexity index is 1280. The van der Waals surface area contributed by atoms with Crippen LogP contribution in [0.2, 0.25) is 10.0 Å². The Balaban J connectivity index is 1.86. The first-order valence-electron chi connectivity index (χ1n) is 9.93. The predicted molar refractivity (Wildman–Crippen MR) is 132 cm³/mol. The molecule has 182 valence electrons. The van der Waals surface area contributed by atoms with E-state index in [1.165, 1.54) is 53.6 Å². The number of benzene rings is 2. The van der Waals surface area contributed by atoms with Crippen LogP contribution in [0.15, 0.2) is 53.2 Å². The molecule has 0 aliphatic rings. The summed E-state index contributed by atoms with van der Waals surface area (Å²) in [7, 11) is 1.47. The van der Waals surface area contributed by atoms with Crippen molar-refractivity contribution >= 4 is 63.8 Å². The molecule has 2 amide bonds. The van der Waals surface area contributed by atoms with Crippen molar-refractivity contribution in [2.75, 3.05) is 11.9 Å². The van der Waals surface area contributed by atoms with E-state index < -0.39 is 36.0 Å². The minimum atomic E-state index is -1.68. The van der Waals surface area contributed by atoms with E-state index >= 15 is 0 Å². The Morgan fingerprint density at radius 1 is 1.03 bits per heavy atom. The molecule has 0 radical (unpaired) electrons. The standard InChI is InChI=1S/C23H19Cl2N3O6S/c1-27(14-3-2-4-15(29)9-14)21(31)13-7-16(24)20(17(25)8-13)22(32)28(26)18(23(33)34)10-19(30)12-5-6-35-11-12/h2-9,11,18,29H,10,26H2,1H3,(H,33,34)/t18-/m0/s1. The molecule has 0 spiro atoms. The highest BCUT2D eigenvalue weighted by molar-refractivity contribution is 7.08. The number of nitrogens with two attached hydrogens (primary N) is 1. The first-order chi connectivity index (χ1) is 16.5. The zero-order valence-electron chi connectivity index (χ0n) is 18.1. The molecular weight excluding hydrogens is 517 g/mol. The molecule has 0 aliphatic heterocycles. The van der Waals surface area contributed by atoms with E-state index in [0.717, 1.165) is 0 Å². The van der Waals surface area contributed by atoms with Crippen LogP contribution in [0.1, 0.15) is 37.5 Å². The van der Waals surface area contributed by atoms with E-state index in [4.69, 9.17) is 29.0 Å². The normalized spacial score (nSPS) is 11.5. The quantitative estimate of drug-likeness (QED) is 0.171. The Morgan fingerprint density at radius 2 is 1.69 bits per heavy atom. The zero-order valence-corrected chi connectivity index (χ0v) is 20.5. The lowest BCUT2D eigenvalue weighted by Gasteiger charge is -2.25. The predicted octanol–water partition coefficient (Wildman–Crippen LogP) is 4.08. The first kappa shape index (κ1) is 26.2. The third-order valence-corrected chi connectivity index (χ3v) is 6.38. The topological polar surface area (TPSA) is 141 Å². The fraction of sp³-hybridized carbons (Fsp3) is 0.130. The summed E-state index contributed by atoms with van der Waals surface area (Å²) >= 11 is 13.8. The average Bonchev–Trinajstić information content (AvgIpc) is 3.35. The lowest BCUT2D eigenvalue weighted by Crippen LogP contribution is -2.50. The molecule has 0 saturated heterocycles. The van der Waals surface area contributed by atoms with Crippen LogP contribution in [0, 0.1) is 0 Å². The van der Waals surface area contributed by atoms with Crippen molar-refractivity contribution < 1.29 is 29.4 Å². The van der Waals surface area contributed by atoms with E-state index in [1.54, 1.807) is 22.9 Å². The summed E-state index contributed by atoms with van der Waals surface area (Å²) in [5.41, 5.74) is 0.419. The summed E-state index contributed by atoms with van der Waals surface area (Å²) < 4.78 is 0. The molecule has 0 fully saturated rings. The van der Waals surface area contributed by atoms with Crippen molar-refractivity contribution in [2.24, 2.45) is 5.84 Å². The minimum absolute atomic E-state index is 0.0346. The SMILES string of the molecule is CN(C(=O)c1cc(Cl)c(C(=O)N(N)[C@@H](CC(=O)c2ccsc2)C(=O)O)c(Cl)c1)c1cccc(O)c1. The number of carbonyl (C=O) groups excluding carboxylic acids is 3. The smallest absolute Gasteiger partial charge is 0.328 e. The number of carboxylic acids is 1. The highest BCUT2D eigenvalue weighted by atomic mass is 35.5. The van der Waals surface area contributed by atoms with Crippen LogP contribution in [-0.2, 0) is 4.79 Å². The molecule has 3 aromatic rings. The lowest BCUT2D eigenvalue weighted by atomic mass is 10.0. The van der Waals surface area contributed by atoms with Gasteiger partial charge in [0.15, 0.2) is 11.8 Å². The average molecular weight is 536 g/mol. The number of aliphatic carboxylic acids is 1. The largest absolute Gasteiger partial charge is 0.508 e. The molecule has 1 heterocycles. The summed E-state index contributed by atoms with van der Waals surface area (Å²) in [5.74, 6) is 2.21. The molecule has 12 heteroatoms. The van der Waals surface area contributed by atoms with Gasteiger partial charge in [-0.15, -0.1) is 0 Å². The van der Waals surface area contributed by atoms with Gasteiger partial charge in [-0.2, -0.15) is 11.3 Å². The summed E-state index contributed by atoms with van der Waals surface area (Å²) in [6, 6.07) is 8.25. The van der Waals surface area contributed by atoms with Crippen molar-refractivity contribution in [1.82, 2.24) is 5.01 Å². The second-order valence-electron chi connectivity index (χ2n) is 7.40. The Kier molecular flexibility index (Phi) is 8.13. The Hall–Kier alpha value is -3.44. The molecule has 3 rings (SSSR count). The molecule has 0 bridgehead atoms. The number of hydrogen-bond donors (Lipinski definition) is 3. The van der Waals surface area contributed by atoms with Gasteiger partial charge in [-0.3, -0.25) is 19.4 Å². The zero-order chi connectivity index (χ0) is 25.9. The van der Waals surface area contributed by atoms with E-state index in [-0.39, 0.29) is 26.9 Å². The summed E-state index contributed by atoms with van der Waals surface area (Å²) in [6.45, 7) is 0. The number of carboxylic acid groups (broad SMARTS) is 1. The number of phenolic OH excluding ortho intramolecular Hbond substituents is 1. The van der Waals surface area contributed by atoms with Gasteiger partial charge < -0.3 is 15.1 Å². The number of hydrazine groups is 1. The maximum atomic E-state index is 13.0. The maximum absolute atomic E-state index is 13.0. The van der Waals surface area contributed by atoms with Gasteiger partial charge in [-0.1, -0.05) is 29.3 Å². The van der Waals surface area contributed by atoms with Gasteiger partial charge in [0.05, 0.1) is 15.6 Å². The molecule has 1 aromatic heterocycles. The van der Waals surface area contributed by atoms with Gasteiger partial charge in [0.25, 0.3) is 11.8 Å². The van der Waals surface area contributed by atoms with Crippen molar-refractivity contribution in [3.63, 3.8) is 0 Å².